The summed E-state index contributed by atoms with van der Waals surface area (Å²) in [6, 6.07) is 13.4. The van der Waals surface area contributed by atoms with E-state index in [0.717, 1.165) is 0 Å². The molecule has 0 fully saturated rings. The molecule has 28 heavy (non-hydrogen) atoms. The predicted octanol–water partition coefficient (Wildman–Crippen LogP) is 4.54. The van der Waals surface area contributed by atoms with Crippen molar-refractivity contribution in [1.29, 1.82) is 0 Å². The molecule has 0 aliphatic rings. The highest BCUT2D eigenvalue weighted by atomic mass is 32.1. The summed E-state index contributed by atoms with van der Waals surface area (Å²) in [5.74, 6) is -0.413. The van der Waals surface area contributed by atoms with Crippen LogP contribution >= 0.6 is 11.3 Å². The number of thiophene rings is 1. The van der Waals surface area contributed by atoms with E-state index in [2.05, 4.69) is 5.32 Å². The van der Waals surface area contributed by atoms with Gasteiger partial charge in [0.15, 0.2) is 0 Å². The van der Waals surface area contributed by atoms with Crippen molar-refractivity contribution in [3.63, 3.8) is 0 Å². The van der Waals surface area contributed by atoms with Gasteiger partial charge in [-0.15, -0.1) is 11.3 Å². The Morgan fingerprint density at radius 1 is 1.18 bits per heavy atom. The molecular weight excluding hydrogens is 379 g/mol. The molecule has 0 bridgehead atoms. The summed E-state index contributed by atoms with van der Waals surface area (Å²) in [5, 5.41) is 3.20. The zero-order valence-electron chi connectivity index (χ0n) is 15.7. The van der Waals surface area contributed by atoms with Crippen molar-refractivity contribution in [2.75, 3.05) is 25.5 Å². The average molecular weight is 400 g/mol. The number of ether oxygens (including phenoxy) is 1. The largest absolute Gasteiger partial charge is 0.495 e. The fourth-order valence-corrected chi connectivity index (χ4v) is 3.96. The monoisotopic (exact) mass is 400 g/mol. The Morgan fingerprint density at radius 3 is 2.68 bits per heavy atom. The second-order valence-electron chi connectivity index (χ2n) is 6.24. The second kappa shape index (κ2) is 8.84. The third-order valence-electron chi connectivity index (χ3n) is 4.22. The molecule has 0 radical (unpaired) electrons. The number of carbonyl (C=O) groups excluding carboxylic acids is 2. The number of hydrogen-bond donors (Lipinski definition) is 1. The van der Waals surface area contributed by atoms with Gasteiger partial charge in [-0.05, 0) is 36.8 Å². The number of hydrogen-bond acceptors (Lipinski definition) is 4. The Balaban J connectivity index is 1.77. The minimum atomic E-state index is -0.358. The molecule has 2 aromatic carbocycles. The fourth-order valence-electron chi connectivity index (χ4n) is 2.92. The summed E-state index contributed by atoms with van der Waals surface area (Å²) in [6.45, 7) is 2.26. The maximum atomic E-state index is 13.9. The number of benzene rings is 2. The minimum Gasteiger partial charge on any atom is -0.495 e. The number of amides is 2. The number of fused-ring (bicyclic) bond motifs is 1. The van der Waals surface area contributed by atoms with Crippen molar-refractivity contribution in [2.45, 2.75) is 13.3 Å². The Hall–Kier alpha value is -2.93. The van der Waals surface area contributed by atoms with E-state index in [1.807, 2.05) is 13.0 Å². The number of nitrogens with zero attached hydrogens (tertiary/aromatic N) is 1. The maximum Gasteiger partial charge on any atom is 0.264 e. The standard InChI is InChI=1S/C21H21FN2O3S/c1-3-11-24(13-20(25)23-16-8-4-5-9-17(16)27-2)21(26)19-12-14-15(22)7-6-10-18(14)28-19/h4-10,12H,3,11,13H2,1-2H3,(H,23,25). The van der Waals surface area contributed by atoms with E-state index in [9.17, 15) is 14.0 Å². The Bertz CT molecular complexity index is 1000. The topological polar surface area (TPSA) is 58.6 Å². The van der Waals surface area contributed by atoms with E-state index in [-0.39, 0.29) is 24.2 Å². The highest BCUT2D eigenvalue weighted by molar-refractivity contribution is 7.20. The minimum absolute atomic E-state index is 0.0958. The molecule has 1 aromatic heterocycles. The SMILES string of the molecule is CCCN(CC(=O)Nc1ccccc1OC)C(=O)c1cc2c(F)cccc2s1. The number of carbonyl (C=O) groups is 2. The van der Waals surface area contributed by atoms with Crippen molar-refractivity contribution >= 4 is 38.9 Å². The van der Waals surface area contributed by atoms with Crippen LogP contribution in [0, 0.1) is 5.82 Å². The smallest absolute Gasteiger partial charge is 0.264 e. The van der Waals surface area contributed by atoms with Crippen LogP contribution in [0.25, 0.3) is 10.1 Å². The van der Waals surface area contributed by atoms with E-state index >= 15 is 0 Å². The molecule has 0 spiro atoms. The summed E-state index contributed by atoms with van der Waals surface area (Å²) in [6.07, 6.45) is 0.701. The lowest BCUT2D eigenvalue weighted by atomic mass is 10.2. The highest BCUT2D eigenvalue weighted by Crippen LogP contribution is 2.29. The van der Waals surface area contributed by atoms with Gasteiger partial charge in [0.25, 0.3) is 5.91 Å². The molecule has 0 atom stereocenters. The van der Waals surface area contributed by atoms with Crippen molar-refractivity contribution in [3.05, 3.63) is 59.2 Å². The van der Waals surface area contributed by atoms with Crippen LogP contribution < -0.4 is 10.1 Å². The van der Waals surface area contributed by atoms with Crippen molar-refractivity contribution in [1.82, 2.24) is 4.90 Å². The quantitative estimate of drug-likeness (QED) is 0.633. The van der Waals surface area contributed by atoms with Crippen LogP contribution in [0.2, 0.25) is 0 Å². The summed E-state index contributed by atoms with van der Waals surface area (Å²) in [4.78, 5) is 27.3. The van der Waals surface area contributed by atoms with Gasteiger partial charge < -0.3 is 15.0 Å². The zero-order chi connectivity index (χ0) is 20.1. The van der Waals surface area contributed by atoms with Gasteiger partial charge in [-0.2, -0.15) is 0 Å². The molecule has 5 nitrogen and oxygen atoms in total. The number of para-hydroxylation sites is 2. The van der Waals surface area contributed by atoms with Crippen molar-refractivity contribution < 1.29 is 18.7 Å². The molecular formula is C21H21FN2O3S. The molecule has 0 unspecified atom stereocenters. The van der Waals surface area contributed by atoms with Gasteiger partial charge in [0.1, 0.15) is 18.1 Å². The third-order valence-corrected chi connectivity index (χ3v) is 5.30. The molecule has 3 aromatic rings. The van der Waals surface area contributed by atoms with Crippen LogP contribution in [0.5, 0.6) is 5.75 Å². The van der Waals surface area contributed by atoms with E-state index in [1.165, 1.54) is 29.4 Å². The number of halogens is 1. The Morgan fingerprint density at radius 2 is 1.96 bits per heavy atom. The van der Waals surface area contributed by atoms with Crippen LogP contribution in [0.15, 0.2) is 48.5 Å². The van der Waals surface area contributed by atoms with Gasteiger partial charge in [-0.3, -0.25) is 9.59 Å². The van der Waals surface area contributed by atoms with Gasteiger partial charge >= 0.3 is 0 Å². The average Bonchev–Trinajstić information content (AvgIpc) is 3.13. The molecule has 0 saturated heterocycles. The summed E-state index contributed by atoms with van der Waals surface area (Å²) in [7, 11) is 1.53. The lowest BCUT2D eigenvalue weighted by Gasteiger charge is -2.21. The summed E-state index contributed by atoms with van der Waals surface area (Å²) >= 11 is 1.23. The van der Waals surface area contributed by atoms with Crippen LogP contribution in [0.1, 0.15) is 23.0 Å². The lowest BCUT2D eigenvalue weighted by Crippen LogP contribution is -2.38. The highest BCUT2D eigenvalue weighted by Gasteiger charge is 2.21. The first-order chi connectivity index (χ1) is 13.5. The number of rotatable bonds is 7. The molecule has 3 rings (SSSR count). The maximum absolute atomic E-state index is 13.9. The van der Waals surface area contributed by atoms with E-state index in [0.29, 0.717) is 39.4 Å². The molecule has 146 valence electrons. The van der Waals surface area contributed by atoms with Crippen LogP contribution in [-0.2, 0) is 4.79 Å². The van der Waals surface area contributed by atoms with Crippen LogP contribution in [0.3, 0.4) is 0 Å². The molecule has 1 N–H and O–H groups in total. The van der Waals surface area contributed by atoms with Gasteiger partial charge in [0.2, 0.25) is 5.91 Å². The summed E-state index contributed by atoms with van der Waals surface area (Å²) < 4.78 is 19.9. The van der Waals surface area contributed by atoms with Gasteiger partial charge in [0, 0.05) is 16.6 Å². The number of nitrogens with one attached hydrogen (secondary N) is 1. The first-order valence-electron chi connectivity index (χ1n) is 8.93. The normalized spacial score (nSPS) is 10.7. The van der Waals surface area contributed by atoms with Crippen LogP contribution in [0.4, 0.5) is 10.1 Å². The van der Waals surface area contributed by atoms with Crippen molar-refractivity contribution in [2.24, 2.45) is 0 Å². The number of methoxy groups -OCH3 is 1. The molecule has 2 amide bonds. The fraction of sp³-hybridized carbons (Fsp3) is 0.238. The molecule has 0 aliphatic heterocycles. The summed E-state index contributed by atoms with van der Waals surface area (Å²) in [5.41, 5.74) is 0.544. The predicted molar refractivity (Wildman–Crippen MR) is 110 cm³/mol. The Kier molecular flexibility index (Phi) is 6.26. The van der Waals surface area contributed by atoms with Gasteiger partial charge in [-0.25, -0.2) is 4.39 Å². The molecule has 1 heterocycles. The van der Waals surface area contributed by atoms with Gasteiger partial charge in [0.05, 0.1) is 17.7 Å². The lowest BCUT2D eigenvalue weighted by molar-refractivity contribution is -0.116. The molecule has 0 saturated carbocycles. The van der Waals surface area contributed by atoms with E-state index < -0.39 is 0 Å². The third kappa shape index (κ3) is 4.31. The van der Waals surface area contributed by atoms with Gasteiger partial charge in [-0.1, -0.05) is 25.1 Å². The Labute approximate surface area is 166 Å². The first-order valence-corrected chi connectivity index (χ1v) is 9.75. The number of anilines is 1. The first kappa shape index (κ1) is 19.8. The van der Waals surface area contributed by atoms with E-state index in [4.69, 9.17) is 4.74 Å². The van der Waals surface area contributed by atoms with Crippen molar-refractivity contribution in [3.8, 4) is 5.75 Å². The second-order valence-corrected chi connectivity index (χ2v) is 7.32. The van der Waals surface area contributed by atoms with Crippen LogP contribution in [-0.4, -0.2) is 36.9 Å². The zero-order valence-corrected chi connectivity index (χ0v) is 16.5. The molecule has 7 heteroatoms. The van der Waals surface area contributed by atoms with E-state index in [1.54, 1.807) is 36.4 Å². The molecule has 0 aliphatic carbocycles.